The van der Waals surface area contributed by atoms with Crippen LogP contribution in [0, 0.1) is 0 Å². The fraction of sp³-hybridized carbons (Fsp3) is 0. The van der Waals surface area contributed by atoms with Crippen molar-refractivity contribution >= 4 is 62.2 Å². The molecule has 2 aromatic carbocycles. The molecule has 0 amide bonds. The minimum atomic E-state index is 0.571. The third-order valence-electron chi connectivity index (χ3n) is 2.37. The van der Waals surface area contributed by atoms with E-state index in [1.54, 1.807) is 12.1 Å². The molecule has 18 heavy (non-hydrogen) atoms. The molecule has 0 N–H and O–H groups in total. The maximum Gasteiger partial charge on any atom is 0.0960 e. The van der Waals surface area contributed by atoms with Gasteiger partial charge in [0.25, 0.3) is 0 Å². The van der Waals surface area contributed by atoms with Crippen LogP contribution in [-0.4, -0.2) is 5.16 Å². The molecule has 0 unspecified atom stereocenters. The molecule has 5 heteroatoms. The van der Waals surface area contributed by atoms with Crippen LogP contribution < -0.4 is 0 Å². The fourth-order valence-corrected chi connectivity index (χ4v) is 2.66. The molecule has 0 bridgehead atoms. The molecule has 1 nitrogen and oxygen atoms in total. The number of aliphatic imine (C=N–C) groups is 1. The van der Waals surface area contributed by atoms with Crippen LogP contribution in [0.15, 0.2) is 45.9 Å². The highest BCUT2D eigenvalue weighted by Gasteiger charge is 2.11. The van der Waals surface area contributed by atoms with E-state index in [-0.39, 0.29) is 0 Å². The summed E-state index contributed by atoms with van der Waals surface area (Å²) in [6.07, 6.45) is 0. The van der Waals surface area contributed by atoms with Crippen LogP contribution in [0.4, 0.5) is 5.69 Å². The first-order valence-corrected chi connectivity index (χ1v) is 6.91. The molecule has 0 aliphatic carbocycles. The lowest BCUT2D eigenvalue weighted by Gasteiger charge is -2.09. The molecule has 0 radical (unpaired) electrons. The van der Waals surface area contributed by atoms with Crippen molar-refractivity contribution in [2.24, 2.45) is 4.99 Å². The van der Waals surface area contributed by atoms with Gasteiger partial charge in [-0.25, -0.2) is 0 Å². The maximum atomic E-state index is 6.20. The summed E-state index contributed by atoms with van der Waals surface area (Å²) in [6.45, 7) is 0. The van der Waals surface area contributed by atoms with E-state index in [9.17, 15) is 0 Å². The SMILES string of the molecule is S=C=Nc1c(Br)cccc1-c1ccc(Cl)cc1Cl. The van der Waals surface area contributed by atoms with Gasteiger partial charge in [-0.2, -0.15) is 4.99 Å². The molecule has 2 rings (SSSR count). The van der Waals surface area contributed by atoms with E-state index < -0.39 is 0 Å². The summed E-state index contributed by atoms with van der Waals surface area (Å²) in [4.78, 5) is 4.07. The molecule has 0 saturated carbocycles. The molecule has 2 aromatic rings. The van der Waals surface area contributed by atoms with E-state index in [1.165, 1.54) is 0 Å². The zero-order valence-electron chi connectivity index (χ0n) is 8.95. The first-order valence-electron chi connectivity index (χ1n) is 4.95. The van der Waals surface area contributed by atoms with Crippen molar-refractivity contribution < 1.29 is 0 Å². The molecule has 0 atom stereocenters. The van der Waals surface area contributed by atoms with Crippen LogP contribution in [0.5, 0.6) is 0 Å². The largest absolute Gasteiger partial charge is 0.193 e. The lowest BCUT2D eigenvalue weighted by atomic mass is 10.0. The summed E-state index contributed by atoms with van der Waals surface area (Å²) in [7, 11) is 0. The van der Waals surface area contributed by atoms with Gasteiger partial charge in [-0.3, -0.25) is 0 Å². The smallest absolute Gasteiger partial charge is 0.0960 e. The summed E-state index contributed by atoms with van der Waals surface area (Å²) in [5, 5.41) is 3.54. The van der Waals surface area contributed by atoms with Gasteiger partial charge in [-0.1, -0.05) is 41.4 Å². The first kappa shape index (κ1) is 13.7. The number of halogens is 3. The van der Waals surface area contributed by atoms with Crippen LogP contribution in [0.25, 0.3) is 11.1 Å². The number of nitrogens with zero attached hydrogens (tertiary/aromatic N) is 1. The zero-order chi connectivity index (χ0) is 13.1. The minimum Gasteiger partial charge on any atom is -0.193 e. The number of benzene rings is 2. The minimum absolute atomic E-state index is 0.571. The highest BCUT2D eigenvalue weighted by atomic mass is 79.9. The molecule has 0 spiro atoms. The monoisotopic (exact) mass is 357 g/mol. The van der Waals surface area contributed by atoms with Gasteiger partial charge in [0.05, 0.1) is 10.8 Å². The molecular formula is C13H6BrCl2NS. The second-order valence-corrected chi connectivity index (χ2v) is 5.34. The second-order valence-electron chi connectivity index (χ2n) is 3.46. The van der Waals surface area contributed by atoms with E-state index in [4.69, 9.17) is 23.2 Å². The number of isothiocyanates is 1. The molecular weight excluding hydrogens is 353 g/mol. The third-order valence-corrected chi connectivity index (χ3v) is 3.64. The third kappa shape index (κ3) is 2.82. The average Bonchev–Trinajstić information content (AvgIpc) is 2.32. The number of hydrogen-bond donors (Lipinski definition) is 0. The van der Waals surface area contributed by atoms with Gasteiger partial charge in [0.2, 0.25) is 0 Å². The van der Waals surface area contributed by atoms with Gasteiger partial charge in [-0.05, 0) is 46.3 Å². The molecule has 0 aromatic heterocycles. The van der Waals surface area contributed by atoms with Crippen LogP contribution in [0.1, 0.15) is 0 Å². The van der Waals surface area contributed by atoms with Gasteiger partial charge in [-0.15, -0.1) is 0 Å². The molecule has 0 aliphatic heterocycles. The lowest BCUT2D eigenvalue weighted by molar-refractivity contribution is 1.50. The molecule has 0 aliphatic rings. The molecule has 0 saturated heterocycles. The maximum absolute atomic E-state index is 6.20. The van der Waals surface area contributed by atoms with Crippen molar-refractivity contribution in [3.8, 4) is 11.1 Å². The van der Waals surface area contributed by atoms with Crippen molar-refractivity contribution in [2.75, 3.05) is 0 Å². The van der Waals surface area contributed by atoms with Crippen molar-refractivity contribution in [1.29, 1.82) is 0 Å². The zero-order valence-corrected chi connectivity index (χ0v) is 12.9. The summed E-state index contributed by atoms with van der Waals surface area (Å²) < 4.78 is 0.836. The number of para-hydroxylation sites is 1. The van der Waals surface area contributed by atoms with Crippen LogP contribution >= 0.6 is 51.3 Å². The Morgan fingerprint density at radius 1 is 1.11 bits per heavy atom. The Balaban J connectivity index is 2.71. The number of thiocarbonyl (C=S) groups is 1. The summed E-state index contributed by atoms with van der Waals surface area (Å²) in [5.74, 6) is 0. The number of rotatable bonds is 2. The van der Waals surface area contributed by atoms with E-state index in [2.05, 4.69) is 38.3 Å². The summed E-state index contributed by atoms with van der Waals surface area (Å²) in [5.41, 5.74) is 2.44. The summed E-state index contributed by atoms with van der Waals surface area (Å²) in [6, 6.07) is 11.1. The number of hydrogen-bond acceptors (Lipinski definition) is 2. The topological polar surface area (TPSA) is 12.4 Å². The molecule has 0 heterocycles. The average molecular weight is 359 g/mol. The highest BCUT2D eigenvalue weighted by Crippen LogP contribution is 2.39. The van der Waals surface area contributed by atoms with Gasteiger partial charge in [0, 0.05) is 25.6 Å². The molecule has 0 fully saturated rings. The first-order chi connectivity index (χ1) is 8.63. The Hall–Kier alpha value is -0.700. The van der Waals surface area contributed by atoms with Gasteiger partial charge in [0.1, 0.15) is 0 Å². The second kappa shape index (κ2) is 5.96. The van der Waals surface area contributed by atoms with Crippen molar-refractivity contribution in [1.82, 2.24) is 0 Å². The Morgan fingerprint density at radius 2 is 1.89 bits per heavy atom. The van der Waals surface area contributed by atoms with Crippen molar-refractivity contribution in [2.45, 2.75) is 0 Å². The van der Waals surface area contributed by atoms with Crippen LogP contribution in [0.3, 0.4) is 0 Å². The predicted molar refractivity (Wildman–Crippen MR) is 84.3 cm³/mol. The lowest BCUT2D eigenvalue weighted by Crippen LogP contribution is -1.82. The van der Waals surface area contributed by atoms with Gasteiger partial charge in [0.15, 0.2) is 0 Å². The van der Waals surface area contributed by atoms with Crippen LogP contribution in [-0.2, 0) is 0 Å². The fourth-order valence-electron chi connectivity index (χ4n) is 1.60. The quantitative estimate of drug-likeness (QED) is 0.462. The molecule has 90 valence electrons. The Labute approximate surface area is 129 Å². The van der Waals surface area contributed by atoms with Crippen molar-refractivity contribution in [3.05, 3.63) is 50.9 Å². The predicted octanol–water partition coefficient (Wildman–Crippen LogP) is 6.16. The normalized spacial score (nSPS) is 9.94. The van der Waals surface area contributed by atoms with E-state index >= 15 is 0 Å². The van der Waals surface area contributed by atoms with Crippen molar-refractivity contribution in [3.63, 3.8) is 0 Å². The van der Waals surface area contributed by atoms with Crippen LogP contribution in [0.2, 0.25) is 10.0 Å². The summed E-state index contributed by atoms with van der Waals surface area (Å²) >= 11 is 20.2. The highest BCUT2D eigenvalue weighted by molar-refractivity contribution is 9.10. The Kier molecular flexibility index (Phi) is 4.55. The Bertz CT molecular complexity index is 651. The standard InChI is InChI=1S/C13H6BrCl2NS/c14-11-3-1-2-10(13(11)17-7-18)9-5-4-8(15)6-12(9)16/h1-6H. The van der Waals surface area contributed by atoms with Gasteiger partial charge >= 0.3 is 0 Å². The van der Waals surface area contributed by atoms with E-state index in [0.29, 0.717) is 15.7 Å². The Morgan fingerprint density at radius 3 is 2.56 bits per heavy atom. The van der Waals surface area contributed by atoms with E-state index in [0.717, 1.165) is 15.6 Å². The van der Waals surface area contributed by atoms with E-state index in [1.807, 2.05) is 24.3 Å². The van der Waals surface area contributed by atoms with Gasteiger partial charge < -0.3 is 0 Å².